The number of carboxylic acid groups (broad SMARTS) is 1. The number of thiazole rings is 1. The monoisotopic (exact) mass is 447 g/mol. The van der Waals surface area contributed by atoms with Gasteiger partial charge >= 0.3 is 12.0 Å². The number of carboxylic acids is 1. The molecule has 1 fully saturated rings. The summed E-state index contributed by atoms with van der Waals surface area (Å²) in [7, 11) is 0. The third-order valence-electron chi connectivity index (χ3n) is 5.33. The fraction of sp³-hybridized carbons (Fsp3) is 0.500. The maximum absolute atomic E-state index is 13.1. The van der Waals surface area contributed by atoms with Crippen LogP contribution in [0.25, 0.3) is 0 Å². The Kier molecular flexibility index (Phi) is 7.41. The van der Waals surface area contributed by atoms with Gasteiger partial charge in [-0.15, -0.1) is 11.8 Å². The van der Waals surface area contributed by atoms with E-state index in [1.54, 1.807) is 20.0 Å². The van der Waals surface area contributed by atoms with Crippen LogP contribution in [0.1, 0.15) is 45.1 Å². The molecule has 0 aliphatic heterocycles. The maximum atomic E-state index is 13.1. The molecule has 2 amide bonds. The van der Waals surface area contributed by atoms with Crippen molar-refractivity contribution in [3.05, 3.63) is 36.0 Å². The van der Waals surface area contributed by atoms with E-state index >= 15 is 0 Å². The van der Waals surface area contributed by atoms with Crippen molar-refractivity contribution in [1.29, 1.82) is 0 Å². The van der Waals surface area contributed by atoms with Gasteiger partial charge in [0.15, 0.2) is 5.13 Å². The fourth-order valence-corrected chi connectivity index (χ4v) is 5.35. The van der Waals surface area contributed by atoms with Gasteiger partial charge in [0.2, 0.25) is 0 Å². The molecule has 3 rings (SSSR count). The van der Waals surface area contributed by atoms with Crippen LogP contribution in [-0.4, -0.2) is 34.4 Å². The Morgan fingerprint density at radius 3 is 2.73 bits per heavy atom. The number of nitrogens with one attached hydrogen (secondary N) is 1. The van der Waals surface area contributed by atoms with E-state index in [-0.39, 0.29) is 6.03 Å². The van der Waals surface area contributed by atoms with Gasteiger partial charge in [0, 0.05) is 18.0 Å². The van der Waals surface area contributed by atoms with E-state index in [0.29, 0.717) is 23.3 Å². The zero-order valence-electron chi connectivity index (χ0n) is 17.7. The number of hydrogen-bond donors (Lipinski definition) is 2. The quantitative estimate of drug-likeness (QED) is 0.494. The SMILES string of the molecule is Cc1cccc(N(CC2CCCC2)C(=O)Nc2ncc(SCC(C)(C)C(=O)O)s2)c1. The van der Waals surface area contributed by atoms with Crippen molar-refractivity contribution >= 4 is 45.9 Å². The summed E-state index contributed by atoms with van der Waals surface area (Å²) in [4.78, 5) is 30.5. The zero-order valence-corrected chi connectivity index (χ0v) is 19.3. The Hall–Kier alpha value is -2.06. The summed E-state index contributed by atoms with van der Waals surface area (Å²) in [5, 5.41) is 12.7. The molecule has 0 spiro atoms. The summed E-state index contributed by atoms with van der Waals surface area (Å²) in [5.74, 6) is 0.139. The van der Waals surface area contributed by atoms with Crippen LogP contribution in [0.2, 0.25) is 0 Å². The smallest absolute Gasteiger partial charge is 0.328 e. The lowest BCUT2D eigenvalue weighted by atomic mass is 9.97. The lowest BCUT2D eigenvalue weighted by molar-refractivity contribution is -0.145. The molecule has 6 nitrogen and oxygen atoms in total. The largest absolute Gasteiger partial charge is 0.481 e. The molecule has 0 radical (unpaired) electrons. The van der Waals surface area contributed by atoms with Gasteiger partial charge in [-0.25, -0.2) is 9.78 Å². The molecule has 0 saturated heterocycles. The van der Waals surface area contributed by atoms with E-state index in [2.05, 4.69) is 10.3 Å². The molecule has 1 saturated carbocycles. The number of amides is 2. The van der Waals surface area contributed by atoms with Crippen LogP contribution in [0, 0.1) is 18.3 Å². The van der Waals surface area contributed by atoms with Crippen molar-refractivity contribution in [3.8, 4) is 0 Å². The number of rotatable bonds is 8. The first kappa shape index (κ1) is 22.6. The number of hydrogen-bond acceptors (Lipinski definition) is 5. The summed E-state index contributed by atoms with van der Waals surface area (Å²) in [6, 6.07) is 7.83. The molecule has 1 aliphatic rings. The summed E-state index contributed by atoms with van der Waals surface area (Å²) in [5.41, 5.74) is 1.20. The lowest BCUT2D eigenvalue weighted by Crippen LogP contribution is -2.38. The van der Waals surface area contributed by atoms with Gasteiger partial charge in [0.1, 0.15) is 0 Å². The van der Waals surface area contributed by atoms with Crippen LogP contribution in [0.5, 0.6) is 0 Å². The summed E-state index contributed by atoms with van der Waals surface area (Å²) >= 11 is 2.82. The second kappa shape index (κ2) is 9.83. The van der Waals surface area contributed by atoms with E-state index in [1.165, 1.54) is 35.9 Å². The molecule has 1 aromatic carbocycles. The molecule has 1 aromatic heterocycles. The number of nitrogens with zero attached hydrogens (tertiary/aromatic N) is 2. The second-order valence-corrected chi connectivity index (χ2v) is 10.8. The van der Waals surface area contributed by atoms with Crippen molar-refractivity contribution < 1.29 is 14.7 Å². The van der Waals surface area contributed by atoms with Crippen molar-refractivity contribution in [1.82, 2.24) is 4.98 Å². The van der Waals surface area contributed by atoms with Gasteiger partial charge in [-0.05, 0) is 57.2 Å². The molecule has 2 N–H and O–H groups in total. The van der Waals surface area contributed by atoms with Crippen molar-refractivity contribution in [3.63, 3.8) is 0 Å². The number of aryl methyl sites for hydroxylation is 1. The average molecular weight is 448 g/mol. The normalized spacial score (nSPS) is 14.6. The maximum Gasteiger partial charge on any atom is 0.328 e. The van der Waals surface area contributed by atoms with Gasteiger partial charge in [0.05, 0.1) is 15.8 Å². The minimum Gasteiger partial charge on any atom is -0.481 e. The molecule has 162 valence electrons. The van der Waals surface area contributed by atoms with E-state index in [9.17, 15) is 14.7 Å². The van der Waals surface area contributed by atoms with Crippen molar-refractivity contribution in [2.45, 2.75) is 50.7 Å². The first-order valence-corrected chi connectivity index (χ1v) is 12.0. The van der Waals surface area contributed by atoms with Gasteiger partial charge in [-0.3, -0.25) is 15.0 Å². The van der Waals surface area contributed by atoms with Crippen LogP contribution < -0.4 is 10.2 Å². The first-order valence-electron chi connectivity index (χ1n) is 10.2. The molecule has 0 unspecified atom stereocenters. The van der Waals surface area contributed by atoms with Crippen LogP contribution >= 0.6 is 23.1 Å². The number of aliphatic carboxylic acids is 1. The predicted molar refractivity (Wildman–Crippen MR) is 124 cm³/mol. The van der Waals surface area contributed by atoms with E-state index in [1.807, 2.05) is 36.1 Å². The topological polar surface area (TPSA) is 82.5 Å². The molecule has 2 aromatic rings. The minimum absolute atomic E-state index is 0.177. The summed E-state index contributed by atoms with van der Waals surface area (Å²) in [6.45, 7) is 6.14. The number of carbonyl (C=O) groups excluding carboxylic acids is 1. The number of aromatic nitrogens is 1. The first-order chi connectivity index (χ1) is 14.2. The zero-order chi connectivity index (χ0) is 21.7. The van der Waals surface area contributed by atoms with Crippen LogP contribution in [0.4, 0.5) is 15.6 Å². The Morgan fingerprint density at radius 1 is 1.33 bits per heavy atom. The van der Waals surface area contributed by atoms with E-state index in [4.69, 9.17) is 0 Å². The Balaban J connectivity index is 1.68. The van der Waals surface area contributed by atoms with Gasteiger partial charge in [-0.1, -0.05) is 36.3 Å². The third kappa shape index (κ3) is 5.98. The number of anilines is 2. The highest BCUT2D eigenvalue weighted by molar-refractivity contribution is 8.01. The van der Waals surface area contributed by atoms with E-state index < -0.39 is 11.4 Å². The fourth-order valence-electron chi connectivity index (χ4n) is 3.41. The number of carbonyl (C=O) groups is 2. The Morgan fingerprint density at radius 2 is 2.07 bits per heavy atom. The molecule has 30 heavy (non-hydrogen) atoms. The molecule has 1 aliphatic carbocycles. The minimum atomic E-state index is -0.825. The molecule has 8 heteroatoms. The second-order valence-electron chi connectivity index (χ2n) is 8.49. The van der Waals surface area contributed by atoms with Crippen LogP contribution in [0.15, 0.2) is 34.7 Å². The third-order valence-corrected chi connectivity index (χ3v) is 7.89. The molecular weight excluding hydrogens is 418 g/mol. The standard InChI is InChI=1S/C22H29N3O3S2/c1-15-7-6-10-17(11-15)25(13-16-8-4-5-9-16)21(28)24-20-23-12-18(30-20)29-14-22(2,3)19(26)27/h6-7,10-12,16H,4-5,8-9,13-14H2,1-3H3,(H,26,27)(H,23,24,28). The average Bonchev–Trinajstić information content (AvgIpc) is 3.36. The van der Waals surface area contributed by atoms with E-state index in [0.717, 1.165) is 28.3 Å². The predicted octanol–water partition coefficient (Wildman–Crippen LogP) is 5.88. The molecule has 1 heterocycles. The highest BCUT2D eigenvalue weighted by Crippen LogP contribution is 2.34. The number of thioether (sulfide) groups is 1. The van der Waals surface area contributed by atoms with Crippen LogP contribution in [-0.2, 0) is 4.79 Å². The Bertz CT molecular complexity index is 891. The highest BCUT2D eigenvalue weighted by Gasteiger charge is 2.28. The van der Waals surface area contributed by atoms with Crippen molar-refractivity contribution in [2.75, 3.05) is 22.5 Å². The summed E-state index contributed by atoms with van der Waals surface area (Å²) < 4.78 is 0.887. The number of benzene rings is 1. The van der Waals surface area contributed by atoms with Gasteiger partial charge in [-0.2, -0.15) is 0 Å². The van der Waals surface area contributed by atoms with Gasteiger partial charge in [0.25, 0.3) is 0 Å². The molecule has 0 bridgehead atoms. The summed E-state index contributed by atoms with van der Waals surface area (Å²) in [6.07, 6.45) is 6.47. The molecule has 0 atom stereocenters. The Labute approximate surface area is 186 Å². The molecular formula is C22H29N3O3S2. The van der Waals surface area contributed by atoms with Gasteiger partial charge < -0.3 is 5.11 Å². The lowest BCUT2D eigenvalue weighted by Gasteiger charge is -2.26. The van der Waals surface area contributed by atoms with Crippen molar-refractivity contribution in [2.24, 2.45) is 11.3 Å². The van der Waals surface area contributed by atoms with Crippen LogP contribution in [0.3, 0.4) is 0 Å². The highest BCUT2D eigenvalue weighted by atomic mass is 32.2. The number of urea groups is 1.